The van der Waals surface area contributed by atoms with Crippen LogP contribution < -0.4 is 5.32 Å². The highest BCUT2D eigenvalue weighted by atomic mass is 19.3. The SMILES string of the molecule is CCC(=O)c1ccc(NCC(F)(F)C(F)F)cc1. The molecule has 0 radical (unpaired) electrons. The number of carbonyl (C=O) groups is 1. The van der Waals surface area contributed by atoms with Crippen LogP contribution in [-0.4, -0.2) is 24.7 Å². The van der Waals surface area contributed by atoms with Gasteiger partial charge in [-0.25, -0.2) is 8.78 Å². The van der Waals surface area contributed by atoms with E-state index in [-0.39, 0.29) is 11.5 Å². The minimum absolute atomic E-state index is 0.0699. The van der Waals surface area contributed by atoms with Crippen LogP contribution in [0, 0.1) is 0 Å². The number of Topliss-reactive ketones (excluding diaryl/α,β-unsaturated/α-hetero) is 1. The summed E-state index contributed by atoms with van der Waals surface area (Å²) in [6.45, 7) is 0.559. The normalized spacial score (nSPS) is 11.7. The lowest BCUT2D eigenvalue weighted by Gasteiger charge is -2.16. The van der Waals surface area contributed by atoms with E-state index in [0.717, 1.165) is 0 Å². The van der Waals surface area contributed by atoms with Crippen molar-refractivity contribution >= 4 is 11.5 Å². The van der Waals surface area contributed by atoms with Crippen LogP contribution in [0.4, 0.5) is 23.2 Å². The summed E-state index contributed by atoms with van der Waals surface area (Å²) in [5, 5.41) is 2.21. The molecule has 0 aliphatic heterocycles. The van der Waals surface area contributed by atoms with E-state index in [1.54, 1.807) is 6.92 Å². The third kappa shape index (κ3) is 3.72. The standard InChI is InChI=1S/C12H13F4NO/c1-2-10(18)8-3-5-9(6-4-8)17-7-12(15,16)11(13)14/h3-6,11,17H,2,7H2,1H3. The molecule has 18 heavy (non-hydrogen) atoms. The first-order valence-corrected chi connectivity index (χ1v) is 5.40. The molecule has 0 saturated carbocycles. The number of carbonyl (C=O) groups excluding carboxylic acids is 1. The van der Waals surface area contributed by atoms with Gasteiger partial charge in [0.05, 0.1) is 6.54 Å². The molecule has 0 bridgehead atoms. The molecule has 6 heteroatoms. The summed E-state index contributed by atoms with van der Waals surface area (Å²) in [4.78, 5) is 11.3. The Morgan fingerprint density at radius 2 is 1.83 bits per heavy atom. The lowest BCUT2D eigenvalue weighted by atomic mass is 10.1. The van der Waals surface area contributed by atoms with Gasteiger partial charge in [0.2, 0.25) is 0 Å². The average Bonchev–Trinajstić information content (AvgIpc) is 2.36. The molecule has 0 unspecified atom stereocenters. The second kappa shape index (κ2) is 5.84. The highest BCUT2D eigenvalue weighted by Gasteiger charge is 2.40. The number of hydrogen-bond donors (Lipinski definition) is 1. The lowest BCUT2D eigenvalue weighted by Crippen LogP contribution is -2.34. The number of rotatable bonds is 6. The molecule has 100 valence electrons. The van der Waals surface area contributed by atoms with Crippen LogP contribution >= 0.6 is 0 Å². The maximum absolute atomic E-state index is 12.6. The second-order valence-electron chi connectivity index (χ2n) is 3.77. The largest absolute Gasteiger partial charge is 0.379 e. The van der Waals surface area contributed by atoms with Gasteiger partial charge < -0.3 is 5.32 Å². The van der Waals surface area contributed by atoms with Gasteiger partial charge >= 0.3 is 12.3 Å². The molecule has 1 rings (SSSR count). The first kappa shape index (κ1) is 14.5. The Morgan fingerprint density at radius 3 is 2.28 bits per heavy atom. The van der Waals surface area contributed by atoms with E-state index in [0.29, 0.717) is 12.0 Å². The Hall–Kier alpha value is -1.59. The molecule has 0 atom stereocenters. The number of hydrogen-bond acceptors (Lipinski definition) is 2. The predicted octanol–water partition coefficient (Wildman–Crippen LogP) is 3.59. The molecular weight excluding hydrogens is 250 g/mol. The highest BCUT2D eigenvalue weighted by molar-refractivity contribution is 5.96. The van der Waals surface area contributed by atoms with Gasteiger partial charge in [-0.3, -0.25) is 4.79 Å². The van der Waals surface area contributed by atoms with Crippen molar-refractivity contribution in [2.45, 2.75) is 25.7 Å². The fraction of sp³-hybridized carbons (Fsp3) is 0.417. The minimum atomic E-state index is -4.07. The van der Waals surface area contributed by atoms with Gasteiger partial charge in [0.15, 0.2) is 5.78 Å². The molecule has 0 aromatic heterocycles. The van der Waals surface area contributed by atoms with Crippen LogP contribution in [0.2, 0.25) is 0 Å². The van der Waals surface area contributed by atoms with Crippen LogP contribution in [-0.2, 0) is 0 Å². The summed E-state index contributed by atoms with van der Waals surface area (Å²) >= 11 is 0. The number of halogens is 4. The van der Waals surface area contributed by atoms with E-state index in [1.807, 2.05) is 0 Å². The van der Waals surface area contributed by atoms with E-state index in [2.05, 4.69) is 5.32 Å². The van der Waals surface area contributed by atoms with Crippen molar-refractivity contribution in [3.63, 3.8) is 0 Å². The quantitative estimate of drug-likeness (QED) is 0.627. The van der Waals surface area contributed by atoms with Crippen molar-refractivity contribution < 1.29 is 22.4 Å². The Kier molecular flexibility index (Phi) is 4.69. The fourth-order valence-corrected chi connectivity index (χ4v) is 1.28. The van der Waals surface area contributed by atoms with Crippen molar-refractivity contribution in [2.24, 2.45) is 0 Å². The zero-order chi connectivity index (χ0) is 13.8. The minimum Gasteiger partial charge on any atom is -0.379 e. The molecule has 0 saturated heterocycles. The Balaban J connectivity index is 2.62. The zero-order valence-corrected chi connectivity index (χ0v) is 9.72. The highest BCUT2D eigenvalue weighted by Crippen LogP contribution is 2.23. The molecule has 0 spiro atoms. The van der Waals surface area contributed by atoms with Crippen molar-refractivity contribution in [3.05, 3.63) is 29.8 Å². The summed E-state index contributed by atoms with van der Waals surface area (Å²) in [6.07, 6.45) is -3.36. The number of anilines is 1. The van der Waals surface area contributed by atoms with Gasteiger partial charge in [-0.05, 0) is 24.3 Å². The zero-order valence-electron chi connectivity index (χ0n) is 9.72. The summed E-state index contributed by atoms with van der Waals surface area (Å²) in [7, 11) is 0. The Morgan fingerprint density at radius 1 is 1.28 bits per heavy atom. The van der Waals surface area contributed by atoms with Crippen LogP contribution in [0.3, 0.4) is 0 Å². The molecule has 2 nitrogen and oxygen atoms in total. The van der Waals surface area contributed by atoms with Crippen LogP contribution in [0.25, 0.3) is 0 Å². The van der Waals surface area contributed by atoms with E-state index in [4.69, 9.17) is 0 Å². The van der Waals surface area contributed by atoms with Crippen molar-refractivity contribution in [1.29, 1.82) is 0 Å². The predicted molar refractivity (Wildman–Crippen MR) is 60.5 cm³/mol. The monoisotopic (exact) mass is 263 g/mol. The molecule has 0 amide bonds. The van der Waals surface area contributed by atoms with Gasteiger partial charge in [0, 0.05) is 17.7 Å². The van der Waals surface area contributed by atoms with Crippen LogP contribution in [0.5, 0.6) is 0 Å². The number of ketones is 1. The van der Waals surface area contributed by atoms with Crippen molar-refractivity contribution in [1.82, 2.24) is 0 Å². The third-order valence-corrected chi connectivity index (χ3v) is 2.38. The lowest BCUT2D eigenvalue weighted by molar-refractivity contribution is -0.117. The molecular formula is C12H13F4NO. The van der Waals surface area contributed by atoms with Gasteiger partial charge in [-0.15, -0.1) is 0 Å². The smallest absolute Gasteiger partial charge is 0.324 e. The molecule has 0 heterocycles. The van der Waals surface area contributed by atoms with E-state index < -0.39 is 18.9 Å². The van der Waals surface area contributed by atoms with Crippen molar-refractivity contribution in [3.8, 4) is 0 Å². The van der Waals surface area contributed by atoms with Gasteiger partial charge in [-0.2, -0.15) is 8.78 Å². The number of nitrogens with one attached hydrogen (secondary N) is 1. The van der Waals surface area contributed by atoms with E-state index >= 15 is 0 Å². The topological polar surface area (TPSA) is 29.1 Å². The van der Waals surface area contributed by atoms with Gasteiger partial charge in [0.25, 0.3) is 0 Å². The first-order valence-electron chi connectivity index (χ1n) is 5.40. The van der Waals surface area contributed by atoms with Crippen LogP contribution in [0.15, 0.2) is 24.3 Å². The van der Waals surface area contributed by atoms with Crippen molar-refractivity contribution in [2.75, 3.05) is 11.9 Å². The maximum Gasteiger partial charge on any atom is 0.324 e. The number of benzene rings is 1. The van der Waals surface area contributed by atoms with Crippen LogP contribution in [0.1, 0.15) is 23.7 Å². The summed E-state index contributed by atoms with van der Waals surface area (Å²) < 4.78 is 49.0. The van der Waals surface area contributed by atoms with E-state index in [9.17, 15) is 22.4 Å². The summed E-state index contributed by atoms with van der Waals surface area (Å²) in [5.41, 5.74) is 0.728. The second-order valence-corrected chi connectivity index (χ2v) is 3.77. The Bertz CT molecular complexity index is 403. The summed E-state index contributed by atoms with van der Waals surface area (Å²) in [6, 6.07) is 5.75. The first-order chi connectivity index (χ1) is 8.36. The number of alkyl halides is 4. The Labute approximate surface area is 102 Å². The molecule has 0 aliphatic rings. The molecule has 0 aliphatic carbocycles. The van der Waals surface area contributed by atoms with E-state index in [1.165, 1.54) is 24.3 Å². The fourth-order valence-electron chi connectivity index (χ4n) is 1.28. The molecule has 1 N–H and O–H groups in total. The average molecular weight is 263 g/mol. The molecule has 1 aromatic rings. The third-order valence-electron chi connectivity index (χ3n) is 2.38. The summed E-state index contributed by atoms with van der Waals surface area (Å²) in [5.74, 6) is -4.14. The maximum atomic E-state index is 12.6. The van der Waals surface area contributed by atoms with Gasteiger partial charge in [0.1, 0.15) is 0 Å². The molecule has 0 fully saturated rings. The van der Waals surface area contributed by atoms with Gasteiger partial charge in [-0.1, -0.05) is 6.92 Å². The molecule has 1 aromatic carbocycles.